The van der Waals surface area contributed by atoms with Gasteiger partial charge in [-0.15, -0.1) is 0 Å². The van der Waals surface area contributed by atoms with E-state index in [2.05, 4.69) is 4.98 Å². The third kappa shape index (κ3) is 3.45. The van der Waals surface area contributed by atoms with Crippen molar-refractivity contribution in [2.45, 2.75) is 4.90 Å². The average molecular weight is 338 g/mol. The molecule has 0 saturated heterocycles. The van der Waals surface area contributed by atoms with Crippen LogP contribution in [0.25, 0.3) is 0 Å². The molecule has 1 aromatic carbocycles. The van der Waals surface area contributed by atoms with Gasteiger partial charge < -0.3 is 4.74 Å². The molecule has 0 spiro atoms. The predicted molar refractivity (Wildman–Crippen MR) is 73.0 cm³/mol. The van der Waals surface area contributed by atoms with Crippen molar-refractivity contribution in [3.05, 3.63) is 46.2 Å². The maximum Gasteiger partial charge on any atom is 0.219 e. The summed E-state index contributed by atoms with van der Waals surface area (Å²) in [5.41, 5.74) is 0. The Morgan fingerprint density at radius 2 is 1.70 bits per heavy atom. The quantitative estimate of drug-likeness (QED) is 0.788. The highest BCUT2D eigenvalue weighted by Gasteiger charge is 2.13. The molecule has 0 radical (unpaired) electrons. The normalized spacial score (nSPS) is 12.2. The molecule has 2 rings (SSSR count). The van der Waals surface area contributed by atoms with Gasteiger partial charge in [0, 0.05) is 24.5 Å². The van der Waals surface area contributed by atoms with Gasteiger partial charge in [0.2, 0.25) is 11.9 Å². The van der Waals surface area contributed by atoms with Crippen LogP contribution in [0.4, 0.5) is 8.78 Å². The maximum atomic E-state index is 13.0. The summed E-state index contributed by atoms with van der Waals surface area (Å²) in [6.07, 6.45) is 1.45. The summed E-state index contributed by atoms with van der Waals surface area (Å²) >= 11 is 11.9. The topological polar surface area (TPSA) is 39.2 Å². The molecule has 20 heavy (non-hydrogen) atoms. The third-order valence-electron chi connectivity index (χ3n) is 2.26. The van der Waals surface area contributed by atoms with Crippen LogP contribution in [-0.4, -0.2) is 15.4 Å². The first-order valence-corrected chi connectivity index (χ1v) is 7.51. The second-order valence-electron chi connectivity index (χ2n) is 3.72. The first kappa shape index (κ1) is 15.2. The van der Waals surface area contributed by atoms with Gasteiger partial charge >= 0.3 is 0 Å². The van der Waals surface area contributed by atoms with E-state index in [4.69, 9.17) is 27.9 Å². The van der Waals surface area contributed by atoms with Crippen molar-refractivity contribution in [2.75, 3.05) is 6.26 Å². The lowest BCUT2D eigenvalue weighted by Gasteiger charge is -2.10. The minimum Gasteiger partial charge on any atom is -0.455 e. The second kappa shape index (κ2) is 6.03. The van der Waals surface area contributed by atoms with Gasteiger partial charge in [-0.3, -0.25) is 4.21 Å². The average Bonchev–Trinajstić information content (AvgIpc) is 2.31. The van der Waals surface area contributed by atoms with Crippen molar-refractivity contribution < 1.29 is 17.7 Å². The number of hydrogen-bond donors (Lipinski definition) is 0. The van der Waals surface area contributed by atoms with Crippen LogP contribution in [0.3, 0.4) is 0 Å². The van der Waals surface area contributed by atoms with Gasteiger partial charge in [-0.05, 0) is 6.07 Å². The summed E-state index contributed by atoms with van der Waals surface area (Å²) < 4.78 is 42.5. The van der Waals surface area contributed by atoms with Gasteiger partial charge in [0.1, 0.15) is 11.5 Å². The summed E-state index contributed by atoms with van der Waals surface area (Å²) in [7, 11) is -1.31. The molecule has 0 aliphatic carbocycles. The van der Waals surface area contributed by atoms with Crippen LogP contribution in [0.15, 0.2) is 29.2 Å². The molecule has 0 aliphatic rings. The maximum absolute atomic E-state index is 13.0. The monoisotopic (exact) mass is 337 g/mol. The Balaban J connectivity index is 2.39. The van der Waals surface area contributed by atoms with Gasteiger partial charge in [0.15, 0.2) is 0 Å². The molecule has 0 N–H and O–H groups in total. The molecular weight excluding hydrogens is 331 g/mol. The lowest BCUT2D eigenvalue weighted by molar-refractivity contribution is 0.451. The van der Waals surface area contributed by atoms with Crippen molar-refractivity contribution in [2.24, 2.45) is 0 Å². The lowest BCUT2D eigenvalue weighted by atomic mass is 10.3. The molecule has 0 saturated carbocycles. The molecule has 0 fully saturated rings. The van der Waals surface area contributed by atoms with Crippen LogP contribution in [0.1, 0.15) is 0 Å². The lowest BCUT2D eigenvalue weighted by Crippen LogP contribution is -1.94. The Labute approximate surface area is 125 Å². The fourth-order valence-corrected chi connectivity index (χ4v) is 2.80. The Morgan fingerprint density at radius 1 is 1.10 bits per heavy atom. The van der Waals surface area contributed by atoms with E-state index in [-0.39, 0.29) is 21.5 Å². The van der Waals surface area contributed by atoms with Crippen LogP contribution >= 0.6 is 23.2 Å². The minimum absolute atomic E-state index is 0.0934. The van der Waals surface area contributed by atoms with Crippen molar-refractivity contribution in [3.8, 4) is 11.5 Å². The first-order valence-electron chi connectivity index (χ1n) is 5.20. The predicted octanol–water partition coefficient (Wildman–Crippen LogP) is 4.20. The van der Waals surface area contributed by atoms with E-state index >= 15 is 0 Å². The Hall–Kier alpha value is -1.24. The smallest absolute Gasteiger partial charge is 0.219 e. The zero-order valence-electron chi connectivity index (χ0n) is 9.99. The summed E-state index contributed by atoms with van der Waals surface area (Å²) in [5.74, 6) is -2.06. The summed E-state index contributed by atoms with van der Waals surface area (Å²) in [5, 5.41) is 0.303. The minimum atomic E-state index is -1.31. The van der Waals surface area contributed by atoms with E-state index in [0.717, 1.165) is 12.1 Å². The fourth-order valence-electron chi connectivity index (χ4n) is 1.44. The molecule has 0 aliphatic heterocycles. The molecular formula is C12H7Cl2F2NO2S. The number of rotatable bonds is 3. The number of halogens is 4. The number of pyridine rings is 1. The molecule has 1 unspecified atom stereocenters. The summed E-state index contributed by atoms with van der Waals surface area (Å²) in [4.78, 5) is 3.28. The Morgan fingerprint density at radius 3 is 2.25 bits per heavy atom. The van der Waals surface area contributed by atoms with Crippen LogP contribution in [0, 0.1) is 11.9 Å². The van der Waals surface area contributed by atoms with Crippen LogP contribution in [0.5, 0.6) is 11.5 Å². The van der Waals surface area contributed by atoms with E-state index in [9.17, 15) is 13.0 Å². The van der Waals surface area contributed by atoms with Gasteiger partial charge in [0.25, 0.3) is 0 Å². The summed E-state index contributed by atoms with van der Waals surface area (Å²) in [6, 6.07) is 4.51. The SMILES string of the molecule is CS(=O)c1cc(Cl)c(Oc2cc(F)nc(F)c2)cc1Cl. The molecule has 106 valence electrons. The molecule has 0 bridgehead atoms. The van der Waals surface area contributed by atoms with Crippen molar-refractivity contribution in [1.82, 2.24) is 4.98 Å². The molecule has 1 heterocycles. The fraction of sp³-hybridized carbons (Fsp3) is 0.0833. The van der Waals surface area contributed by atoms with E-state index in [1.54, 1.807) is 0 Å². The van der Waals surface area contributed by atoms with Crippen molar-refractivity contribution in [1.29, 1.82) is 0 Å². The largest absolute Gasteiger partial charge is 0.455 e. The van der Waals surface area contributed by atoms with Crippen molar-refractivity contribution >= 4 is 34.0 Å². The van der Waals surface area contributed by atoms with E-state index < -0.39 is 22.7 Å². The van der Waals surface area contributed by atoms with Crippen molar-refractivity contribution in [3.63, 3.8) is 0 Å². The molecule has 1 atom stereocenters. The zero-order valence-corrected chi connectivity index (χ0v) is 12.3. The highest BCUT2D eigenvalue weighted by molar-refractivity contribution is 7.84. The van der Waals surface area contributed by atoms with Crippen LogP contribution < -0.4 is 4.74 Å². The van der Waals surface area contributed by atoms with Gasteiger partial charge in [-0.25, -0.2) is 0 Å². The van der Waals surface area contributed by atoms with E-state index in [1.165, 1.54) is 18.4 Å². The molecule has 3 nitrogen and oxygen atoms in total. The highest BCUT2D eigenvalue weighted by atomic mass is 35.5. The second-order valence-corrected chi connectivity index (χ2v) is 5.88. The number of benzene rings is 1. The third-order valence-corrected chi connectivity index (χ3v) is 3.94. The van der Waals surface area contributed by atoms with Gasteiger partial charge in [-0.2, -0.15) is 13.8 Å². The number of nitrogens with zero attached hydrogens (tertiary/aromatic N) is 1. The standard InChI is InChI=1S/C12H7Cl2F2NO2S/c1-20(18)10-5-7(13)9(4-8(10)14)19-6-2-11(15)17-12(16)3-6/h2-5H,1H3. The Kier molecular flexibility index (Phi) is 4.57. The number of ether oxygens (including phenoxy) is 1. The van der Waals surface area contributed by atoms with Crippen LogP contribution in [-0.2, 0) is 10.8 Å². The van der Waals surface area contributed by atoms with Gasteiger partial charge in [-0.1, -0.05) is 23.2 Å². The summed E-state index contributed by atoms with van der Waals surface area (Å²) in [6.45, 7) is 0. The molecule has 1 aromatic heterocycles. The Bertz CT molecular complexity index is 677. The highest BCUT2D eigenvalue weighted by Crippen LogP contribution is 2.35. The zero-order chi connectivity index (χ0) is 14.9. The van der Waals surface area contributed by atoms with E-state index in [0.29, 0.717) is 4.90 Å². The molecule has 0 amide bonds. The van der Waals surface area contributed by atoms with Gasteiger partial charge in [0.05, 0.1) is 25.7 Å². The molecule has 8 heteroatoms. The first-order chi connectivity index (χ1) is 9.36. The molecule has 2 aromatic rings. The number of aromatic nitrogens is 1. The van der Waals surface area contributed by atoms with E-state index in [1.807, 2.05) is 0 Å². The van der Waals surface area contributed by atoms with Crippen LogP contribution in [0.2, 0.25) is 10.0 Å². The number of hydrogen-bond acceptors (Lipinski definition) is 3.